The van der Waals surface area contributed by atoms with Gasteiger partial charge in [0.2, 0.25) is 5.76 Å². The van der Waals surface area contributed by atoms with E-state index in [0.29, 0.717) is 40.5 Å². The van der Waals surface area contributed by atoms with Gasteiger partial charge in [-0.3, -0.25) is 14.5 Å². The number of aryl methyl sites for hydroxylation is 3. The number of carbonyl (C=O) groups excluding carboxylic acids is 1. The molecule has 0 saturated heterocycles. The van der Waals surface area contributed by atoms with Crippen LogP contribution in [0.3, 0.4) is 0 Å². The lowest BCUT2D eigenvalue weighted by Crippen LogP contribution is -2.29. The summed E-state index contributed by atoms with van der Waals surface area (Å²) in [6.45, 7) is 8.09. The number of hydrogen-bond acceptors (Lipinski definition) is 6. The molecular weight excluding hydrogens is 408 g/mol. The molecule has 0 unspecified atom stereocenters. The predicted octanol–water partition coefficient (Wildman–Crippen LogP) is 4.85. The zero-order valence-electron chi connectivity index (χ0n) is 18.3. The maximum atomic E-state index is 13.7. The quantitative estimate of drug-likeness (QED) is 0.460. The summed E-state index contributed by atoms with van der Waals surface area (Å²) < 4.78 is 16.8. The number of rotatable bonds is 4. The van der Waals surface area contributed by atoms with Gasteiger partial charge in [-0.15, -0.1) is 0 Å². The summed E-state index contributed by atoms with van der Waals surface area (Å²) in [6, 6.07) is 11.9. The van der Waals surface area contributed by atoms with Crippen molar-refractivity contribution < 1.29 is 18.5 Å². The first-order valence-electron chi connectivity index (χ1n) is 10.5. The summed E-state index contributed by atoms with van der Waals surface area (Å²) in [4.78, 5) is 28.6. The zero-order valence-corrected chi connectivity index (χ0v) is 18.3. The minimum absolute atomic E-state index is 0.0327. The number of aromatic nitrogens is 1. The molecule has 7 nitrogen and oxygen atoms in total. The molecule has 1 amide bonds. The van der Waals surface area contributed by atoms with Crippen molar-refractivity contribution in [3.05, 3.63) is 86.5 Å². The molecule has 2 aromatic heterocycles. The first-order valence-corrected chi connectivity index (χ1v) is 10.5. The van der Waals surface area contributed by atoms with E-state index in [1.165, 1.54) is 4.90 Å². The first-order chi connectivity index (χ1) is 15.4. The standard InChI is InChI=1S/C25H22N2O5/c1-5-30-17-8-6-16(7-9-17)22-21-23(28)18-10-13(2)14(3)11-19(18)31-24(21)25(29)27(22)20-12-15(4)32-26-20/h6-12,22H,5H2,1-4H3/t22-/m0/s1. The molecule has 1 aliphatic heterocycles. The SMILES string of the molecule is CCOc1ccc([C@H]2c3c(oc4cc(C)c(C)cc4c3=O)C(=O)N2c2cc(C)on2)cc1. The van der Waals surface area contributed by atoms with Crippen LogP contribution in [0.2, 0.25) is 0 Å². The number of ether oxygens (including phenoxy) is 1. The van der Waals surface area contributed by atoms with Gasteiger partial charge in [-0.1, -0.05) is 17.3 Å². The Balaban J connectivity index is 1.77. The van der Waals surface area contributed by atoms with E-state index in [1.807, 2.05) is 51.1 Å². The van der Waals surface area contributed by atoms with E-state index >= 15 is 0 Å². The fraction of sp³-hybridized carbons (Fsp3) is 0.240. The minimum Gasteiger partial charge on any atom is -0.494 e. The molecule has 3 heterocycles. The molecule has 1 aliphatic rings. The van der Waals surface area contributed by atoms with E-state index in [-0.39, 0.29) is 11.2 Å². The zero-order chi connectivity index (χ0) is 22.6. The highest BCUT2D eigenvalue weighted by Crippen LogP contribution is 2.41. The Kier molecular flexibility index (Phi) is 4.62. The molecule has 1 atom stereocenters. The van der Waals surface area contributed by atoms with Crippen molar-refractivity contribution in [3.63, 3.8) is 0 Å². The summed E-state index contributed by atoms with van der Waals surface area (Å²) in [5.74, 6) is 1.20. The third-order valence-electron chi connectivity index (χ3n) is 5.86. The van der Waals surface area contributed by atoms with Crippen LogP contribution >= 0.6 is 0 Å². The van der Waals surface area contributed by atoms with Crippen molar-refractivity contribution >= 4 is 22.7 Å². The number of amides is 1. The topological polar surface area (TPSA) is 85.8 Å². The van der Waals surface area contributed by atoms with E-state index < -0.39 is 11.9 Å². The van der Waals surface area contributed by atoms with Crippen molar-refractivity contribution in [2.75, 3.05) is 11.5 Å². The molecule has 0 N–H and O–H groups in total. The lowest BCUT2D eigenvalue weighted by molar-refractivity contribution is 0.0969. The third kappa shape index (κ3) is 3.00. The van der Waals surface area contributed by atoms with Crippen LogP contribution in [0.4, 0.5) is 5.82 Å². The molecule has 32 heavy (non-hydrogen) atoms. The van der Waals surface area contributed by atoms with E-state index in [2.05, 4.69) is 5.16 Å². The van der Waals surface area contributed by atoms with Gasteiger partial charge in [-0.25, -0.2) is 0 Å². The molecular formula is C25H22N2O5. The van der Waals surface area contributed by atoms with E-state index in [0.717, 1.165) is 16.7 Å². The smallest absolute Gasteiger partial charge is 0.296 e. The van der Waals surface area contributed by atoms with Crippen LogP contribution in [0.25, 0.3) is 11.0 Å². The average Bonchev–Trinajstić information content (AvgIpc) is 3.32. The van der Waals surface area contributed by atoms with Gasteiger partial charge in [-0.05, 0) is 68.7 Å². The molecule has 2 aromatic carbocycles. The van der Waals surface area contributed by atoms with Gasteiger partial charge in [0.1, 0.15) is 17.1 Å². The van der Waals surface area contributed by atoms with Crippen LogP contribution in [0.1, 0.15) is 51.5 Å². The molecule has 0 spiro atoms. The summed E-state index contributed by atoms with van der Waals surface area (Å²) >= 11 is 0. The molecule has 0 radical (unpaired) electrons. The summed E-state index contributed by atoms with van der Waals surface area (Å²) in [7, 11) is 0. The van der Waals surface area contributed by atoms with Crippen LogP contribution in [0.15, 0.2) is 56.2 Å². The van der Waals surface area contributed by atoms with Crippen LogP contribution in [0.5, 0.6) is 5.75 Å². The summed E-state index contributed by atoms with van der Waals surface area (Å²) in [6.07, 6.45) is 0. The number of benzene rings is 2. The molecule has 5 rings (SSSR count). The van der Waals surface area contributed by atoms with Crippen molar-refractivity contribution in [2.45, 2.75) is 33.7 Å². The molecule has 0 bridgehead atoms. The van der Waals surface area contributed by atoms with E-state index in [4.69, 9.17) is 13.7 Å². The van der Waals surface area contributed by atoms with E-state index in [1.54, 1.807) is 19.1 Å². The lowest BCUT2D eigenvalue weighted by atomic mass is 9.97. The largest absolute Gasteiger partial charge is 0.494 e. The Hall–Kier alpha value is -3.87. The van der Waals surface area contributed by atoms with Gasteiger partial charge < -0.3 is 13.7 Å². The van der Waals surface area contributed by atoms with Gasteiger partial charge in [0.15, 0.2) is 11.2 Å². The Morgan fingerprint density at radius 3 is 2.41 bits per heavy atom. The highest BCUT2D eigenvalue weighted by Gasteiger charge is 2.44. The summed E-state index contributed by atoms with van der Waals surface area (Å²) in [5, 5.41) is 4.50. The number of anilines is 1. The summed E-state index contributed by atoms with van der Waals surface area (Å²) in [5.41, 5.74) is 3.19. The minimum atomic E-state index is -0.695. The average molecular weight is 430 g/mol. The number of nitrogens with zero attached hydrogens (tertiary/aromatic N) is 2. The fourth-order valence-corrected chi connectivity index (χ4v) is 4.16. The van der Waals surface area contributed by atoms with E-state index in [9.17, 15) is 9.59 Å². The van der Waals surface area contributed by atoms with Crippen molar-refractivity contribution in [3.8, 4) is 5.75 Å². The van der Waals surface area contributed by atoms with Gasteiger partial charge >= 0.3 is 0 Å². The first kappa shape index (κ1) is 20.1. The number of fused-ring (bicyclic) bond motifs is 2. The van der Waals surface area contributed by atoms with Gasteiger partial charge in [0.25, 0.3) is 5.91 Å². The lowest BCUT2D eigenvalue weighted by Gasteiger charge is -2.22. The fourth-order valence-electron chi connectivity index (χ4n) is 4.16. The number of carbonyl (C=O) groups is 1. The molecule has 7 heteroatoms. The molecule has 0 saturated carbocycles. The molecule has 0 fully saturated rings. The van der Waals surface area contributed by atoms with Crippen molar-refractivity contribution in [1.29, 1.82) is 0 Å². The Labute approximate surface area is 184 Å². The van der Waals surface area contributed by atoms with Crippen LogP contribution < -0.4 is 15.1 Å². The predicted molar refractivity (Wildman–Crippen MR) is 119 cm³/mol. The molecule has 0 aliphatic carbocycles. The van der Waals surface area contributed by atoms with Crippen LogP contribution in [0, 0.1) is 20.8 Å². The molecule has 162 valence electrons. The van der Waals surface area contributed by atoms with Crippen LogP contribution in [-0.4, -0.2) is 17.7 Å². The third-order valence-corrected chi connectivity index (χ3v) is 5.86. The van der Waals surface area contributed by atoms with Crippen LogP contribution in [-0.2, 0) is 0 Å². The Morgan fingerprint density at radius 1 is 1.03 bits per heavy atom. The Morgan fingerprint density at radius 2 is 1.75 bits per heavy atom. The second-order valence-corrected chi connectivity index (χ2v) is 7.98. The van der Waals surface area contributed by atoms with Gasteiger partial charge in [0.05, 0.1) is 23.6 Å². The van der Waals surface area contributed by atoms with Crippen molar-refractivity contribution in [1.82, 2.24) is 5.16 Å². The monoisotopic (exact) mass is 430 g/mol. The normalized spacial score (nSPS) is 15.4. The molecule has 4 aromatic rings. The number of hydrogen-bond donors (Lipinski definition) is 0. The second-order valence-electron chi connectivity index (χ2n) is 7.98. The maximum Gasteiger partial charge on any atom is 0.296 e. The maximum absolute atomic E-state index is 13.7. The highest BCUT2D eigenvalue weighted by atomic mass is 16.5. The van der Waals surface area contributed by atoms with Crippen molar-refractivity contribution in [2.24, 2.45) is 0 Å². The van der Waals surface area contributed by atoms with Gasteiger partial charge in [-0.2, -0.15) is 0 Å². The second kappa shape index (κ2) is 7.37. The van der Waals surface area contributed by atoms with Gasteiger partial charge in [0, 0.05) is 6.07 Å². The Bertz CT molecular complexity index is 1420. The highest BCUT2D eigenvalue weighted by molar-refractivity contribution is 6.10.